The Morgan fingerprint density at radius 3 is 2.41 bits per heavy atom. The fourth-order valence-corrected chi connectivity index (χ4v) is 4.45. The molecule has 156 valence electrons. The molecule has 7 nitrogen and oxygen atoms in total. The zero-order chi connectivity index (χ0) is 20.9. The van der Waals surface area contributed by atoms with Crippen molar-refractivity contribution in [3.63, 3.8) is 0 Å². The lowest BCUT2D eigenvalue weighted by atomic mass is 10.2. The second-order valence-electron chi connectivity index (χ2n) is 6.94. The van der Waals surface area contributed by atoms with Crippen molar-refractivity contribution in [3.8, 4) is 0 Å². The van der Waals surface area contributed by atoms with Gasteiger partial charge in [-0.2, -0.15) is 0 Å². The van der Waals surface area contributed by atoms with Gasteiger partial charge in [0.15, 0.2) is 0 Å². The van der Waals surface area contributed by atoms with E-state index >= 15 is 0 Å². The average molecular weight is 421 g/mol. The molecule has 1 aliphatic heterocycles. The molecule has 1 fully saturated rings. The lowest BCUT2D eigenvalue weighted by Crippen LogP contribution is -2.49. The molecule has 0 aliphatic carbocycles. The first kappa shape index (κ1) is 21.2. The Hall–Kier alpha value is -2.52. The number of anilines is 1. The molecule has 0 N–H and O–H groups in total. The Morgan fingerprint density at radius 2 is 1.79 bits per heavy atom. The number of pyridine rings is 1. The van der Waals surface area contributed by atoms with E-state index < -0.39 is 15.8 Å². The van der Waals surface area contributed by atoms with Gasteiger partial charge < -0.3 is 9.80 Å². The van der Waals surface area contributed by atoms with Crippen LogP contribution in [0.25, 0.3) is 0 Å². The van der Waals surface area contributed by atoms with Gasteiger partial charge in [-0.25, -0.2) is 22.1 Å². The number of benzene rings is 1. The molecule has 1 aromatic carbocycles. The number of carbonyl (C=O) groups is 1. The van der Waals surface area contributed by atoms with Crippen LogP contribution in [0.5, 0.6) is 0 Å². The summed E-state index contributed by atoms with van der Waals surface area (Å²) >= 11 is 0. The highest BCUT2D eigenvalue weighted by Gasteiger charge is 2.23. The molecule has 3 rings (SSSR count). The van der Waals surface area contributed by atoms with Crippen molar-refractivity contribution < 1.29 is 17.6 Å². The van der Waals surface area contributed by atoms with Gasteiger partial charge in [-0.15, -0.1) is 0 Å². The van der Waals surface area contributed by atoms with Crippen LogP contribution < -0.4 is 4.90 Å². The molecule has 2 aromatic rings. The quantitative estimate of drug-likeness (QED) is 0.685. The summed E-state index contributed by atoms with van der Waals surface area (Å²) in [6.07, 6.45) is 2.46. The smallest absolute Gasteiger partial charge is 0.242 e. The first-order valence-corrected chi connectivity index (χ1v) is 11.0. The number of nitrogens with zero attached hydrogens (tertiary/aromatic N) is 4. The molecule has 0 saturated carbocycles. The summed E-state index contributed by atoms with van der Waals surface area (Å²) in [5.74, 6) is 0.450. The topological polar surface area (TPSA) is 73.8 Å². The number of hydrogen-bond acceptors (Lipinski definition) is 5. The number of sulfonamides is 1. The summed E-state index contributed by atoms with van der Waals surface area (Å²) in [4.78, 5) is 20.8. The Bertz CT molecular complexity index is 915. The summed E-state index contributed by atoms with van der Waals surface area (Å²) in [6.45, 7) is 2.92. The molecule has 1 amide bonds. The van der Waals surface area contributed by atoms with Crippen molar-refractivity contribution >= 4 is 21.7 Å². The monoisotopic (exact) mass is 420 g/mol. The van der Waals surface area contributed by atoms with Crippen LogP contribution in [-0.2, 0) is 14.8 Å². The van der Waals surface area contributed by atoms with Crippen LogP contribution in [0.2, 0.25) is 0 Å². The third-order valence-corrected chi connectivity index (χ3v) is 6.86. The average Bonchev–Trinajstić information content (AvgIpc) is 2.74. The summed E-state index contributed by atoms with van der Waals surface area (Å²) < 4.78 is 39.2. The van der Waals surface area contributed by atoms with Gasteiger partial charge in [0.05, 0.1) is 4.90 Å². The zero-order valence-electron chi connectivity index (χ0n) is 16.4. The Kier molecular flexibility index (Phi) is 6.81. The van der Waals surface area contributed by atoms with Crippen molar-refractivity contribution in [2.45, 2.75) is 17.7 Å². The second-order valence-corrected chi connectivity index (χ2v) is 8.98. The maximum Gasteiger partial charge on any atom is 0.242 e. The number of amides is 1. The number of hydrogen-bond donors (Lipinski definition) is 0. The largest absolute Gasteiger partial charge is 0.353 e. The van der Waals surface area contributed by atoms with Gasteiger partial charge >= 0.3 is 0 Å². The Labute approximate surface area is 170 Å². The molecule has 0 spiro atoms. The first-order valence-electron chi connectivity index (χ1n) is 9.53. The van der Waals surface area contributed by atoms with Gasteiger partial charge in [0.2, 0.25) is 15.9 Å². The van der Waals surface area contributed by atoms with Crippen molar-refractivity contribution in [2.24, 2.45) is 0 Å². The van der Waals surface area contributed by atoms with Crippen LogP contribution in [0.4, 0.5) is 10.2 Å². The first-order chi connectivity index (χ1) is 13.9. The molecule has 0 unspecified atom stereocenters. The molecule has 0 radical (unpaired) electrons. The van der Waals surface area contributed by atoms with E-state index in [1.54, 1.807) is 6.20 Å². The third-order valence-electron chi connectivity index (χ3n) is 4.99. The highest BCUT2D eigenvalue weighted by molar-refractivity contribution is 7.89. The summed E-state index contributed by atoms with van der Waals surface area (Å²) in [6, 6.07) is 10.5. The Balaban J connectivity index is 1.44. The van der Waals surface area contributed by atoms with Gasteiger partial charge in [-0.1, -0.05) is 6.07 Å². The second kappa shape index (κ2) is 9.32. The van der Waals surface area contributed by atoms with E-state index in [-0.39, 0.29) is 23.8 Å². The molecular weight excluding hydrogens is 395 g/mol. The molecule has 29 heavy (non-hydrogen) atoms. The summed E-state index contributed by atoms with van der Waals surface area (Å²) in [5, 5.41) is 0. The number of halogens is 1. The fraction of sp³-hybridized carbons (Fsp3) is 0.400. The van der Waals surface area contributed by atoms with Crippen molar-refractivity contribution in [2.75, 3.05) is 44.7 Å². The maximum atomic E-state index is 13.0. The molecule has 2 heterocycles. The molecular formula is C20H25FN4O3S. The van der Waals surface area contributed by atoms with Crippen molar-refractivity contribution in [1.82, 2.24) is 14.2 Å². The molecule has 9 heteroatoms. The summed E-state index contributed by atoms with van der Waals surface area (Å²) in [5.41, 5.74) is 0. The molecule has 1 aliphatic rings. The van der Waals surface area contributed by atoms with E-state index in [0.717, 1.165) is 31.0 Å². The minimum Gasteiger partial charge on any atom is -0.353 e. The predicted molar refractivity (Wildman–Crippen MR) is 108 cm³/mol. The van der Waals surface area contributed by atoms with Gasteiger partial charge in [-0.05, 0) is 42.8 Å². The van der Waals surface area contributed by atoms with Crippen LogP contribution in [0, 0.1) is 5.82 Å². The minimum atomic E-state index is -3.69. The number of rotatable bonds is 7. The van der Waals surface area contributed by atoms with Gasteiger partial charge in [0.1, 0.15) is 11.6 Å². The SMILES string of the molecule is CN(CCCC(=O)N1CCN(c2ccccn2)CC1)S(=O)(=O)c1ccc(F)cc1. The standard InChI is InChI=1S/C20H25FN4O3S/c1-23(29(27,28)18-9-7-17(21)8-10-18)12-4-6-20(26)25-15-13-24(14-16-25)19-5-2-3-11-22-19/h2-3,5,7-11H,4,6,12-16H2,1H3. The van der Waals surface area contributed by atoms with Crippen molar-refractivity contribution in [3.05, 3.63) is 54.5 Å². The minimum absolute atomic E-state index is 0.0262. The van der Waals surface area contributed by atoms with E-state index in [1.807, 2.05) is 23.1 Å². The molecule has 0 bridgehead atoms. The fourth-order valence-electron chi connectivity index (χ4n) is 3.24. The van der Waals surface area contributed by atoms with E-state index in [9.17, 15) is 17.6 Å². The molecule has 1 aromatic heterocycles. The van der Waals surface area contributed by atoms with E-state index in [4.69, 9.17) is 0 Å². The summed E-state index contributed by atoms with van der Waals surface area (Å²) in [7, 11) is -2.22. The van der Waals surface area contributed by atoms with Crippen molar-refractivity contribution in [1.29, 1.82) is 0 Å². The molecule has 0 atom stereocenters. The van der Waals surface area contributed by atoms with E-state index in [2.05, 4.69) is 9.88 Å². The normalized spacial score (nSPS) is 15.0. The lowest BCUT2D eigenvalue weighted by molar-refractivity contribution is -0.131. The zero-order valence-corrected chi connectivity index (χ0v) is 17.2. The van der Waals surface area contributed by atoms with E-state index in [1.165, 1.54) is 23.5 Å². The predicted octanol–water partition coefficient (Wildman–Crippen LogP) is 1.97. The number of carbonyl (C=O) groups excluding carboxylic acids is 1. The Morgan fingerprint density at radius 1 is 1.10 bits per heavy atom. The van der Waals surface area contributed by atoms with E-state index in [0.29, 0.717) is 19.5 Å². The van der Waals surface area contributed by atoms with Gasteiger partial charge in [0.25, 0.3) is 0 Å². The highest BCUT2D eigenvalue weighted by Crippen LogP contribution is 2.16. The highest BCUT2D eigenvalue weighted by atomic mass is 32.2. The molecule has 1 saturated heterocycles. The third kappa shape index (κ3) is 5.30. The van der Waals surface area contributed by atoms with Crippen LogP contribution in [0.1, 0.15) is 12.8 Å². The van der Waals surface area contributed by atoms with Crippen LogP contribution in [-0.4, -0.2) is 68.3 Å². The number of piperazine rings is 1. The van der Waals surface area contributed by atoms with Gasteiger partial charge in [-0.3, -0.25) is 4.79 Å². The van der Waals surface area contributed by atoms with Gasteiger partial charge in [0, 0.05) is 52.4 Å². The maximum absolute atomic E-state index is 13.0. The lowest BCUT2D eigenvalue weighted by Gasteiger charge is -2.35. The number of aromatic nitrogens is 1. The van der Waals surface area contributed by atoms with Crippen LogP contribution in [0.3, 0.4) is 0 Å². The van der Waals surface area contributed by atoms with Crippen LogP contribution >= 0.6 is 0 Å². The van der Waals surface area contributed by atoms with Crippen LogP contribution in [0.15, 0.2) is 53.6 Å².